The average Bonchev–Trinajstić information content (AvgIpc) is 2.68. The Labute approximate surface area is 118 Å². The number of rotatable bonds is 8. The van der Waals surface area contributed by atoms with Gasteiger partial charge < -0.3 is 14.0 Å². The first-order chi connectivity index (χ1) is 9.08. The molecule has 0 saturated carbocycles. The van der Waals surface area contributed by atoms with Gasteiger partial charge >= 0.3 is 5.97 Å². The lowest BCUT2D eigenvalue weighted by Crippen LogP contribution is -2.34. The van der Waals surface area contributed by atoms with Crippen molar-refractivity contribution in [1.82, 2.24) is 14.5 Å². The summed E-state index contributed by atoms with van der Waals surface area (Å²) in [7, 11) is 3.46. The van der Waals surface area contributed by atoms with Crippen LogP contribution < -0.4 is 0 Å². The van der Waals surface area contributed by atoms with Crippen LogP contribution >= 0.6 is 11.6 Å². The molecule has 1 aromatic heterocycles. The maximum absolute atomic E-state index is 11.5. The lowest BCUT2D eigenvalue weighted by molar-refractivity contribution is -0.144. The van der Waals surface area contributed by atoms with E-state index in [2.05, 4.69) is 4.98 Å². The van der Waals surface area contributed by atoms with Crippen molar-refractivity contribution in [1.29, 1.82) is 0 Å². The SMILES string of the molecule is CCOC(=O)CN(CCOC)Cc1ncc(Cl)n1C. The van der Waals surface area contributed by atoms with Gasteiger partial charge in [0.05, 0.1) is 32.5 Å². The highest BCUT2D eigenvalue weighted by Crippen LogP contribution is 2.11. The van der Waals surface area contributed by atoms with Crippen LogP contribution in [0.3, 0.4) is 0 Å². The van der Waals surface area contributed by atoms with Crippen molar-refractivity contribution >= 4 is 17.6 Å². The Morgan fingerprint density at radius 1 is 1.58 bits per heavy atom. The molecule has 0 aliphatic carbocycles. The number of ether oxygens (including phenoxy) is 2. The largest absolute Gasteiger partial charge is 0.465 e. The number of halogens is 1. The Kier molecular flexibility index (Phi) is 6.83. The summed E-state index contributed by atoms with van der Waals surface area (Å²) in [5.74, 6) is 0.546. The van der Waals surface area contributed by atoms with Gasteiger partial charge in [0.25, 0.3) is 0 Å². The number of methoxy groups -OCH3 is 1. The summed E-state index contributed by atoms with van der Waals surface area (Å²) in [6.45, 7) is 4.06. The fraction of sp³-hybridized carbons (Fsp3) is 0.667. The van der Waals surface area contributed by atoms with Gasteiger partial charge in [0.15, 0.2) is 0 Å². The van der Waals surface area contributed by atoms with Crippen molar-refractivity contribution in [2.75, 3.05) is 33.4 Å². The topological polar surface area (TPSA) is 56.6 Å². The molecule has 0 unspecified atom stereocenters. The summed E-state index contributed by atoms with van der Waals surface area (Å²) in [6, 6.07) is 0. The van der Waals surface area contributed by atoms with Crippen LogP contribution in [0.1, 0.15) is 12.7 Å². The normalized spacial score (nSPS) is 11.0. The Bertz CT molecular complexity index is 409. The van der Waals surface area contributed by atoms with E-state index in [1.165, 1.54) is 0 Å². The summed E-state index contributed by atoms with van der Waals surface area (Å²) in [6.07, 6.45) is 1.59. The number of esters is 1. The molecule has 6 nitrogen and oxygen atoms in total. The van der Waals surface area contributed by atoms with Crippen LogP contribution in [0.4, 0.5) is 0 Å². The van der Waals surface area contributed by atoms with E-state index in [1.54, 1.807) is 24.8 Å². The smallest absolute Gasteiger partial charge is 0.320 e. The predicted molar refractivity (Wildman–Crippen MR) is 72.0 cm³/mol. The van der Waals surface area contributed by atoms with Crippen molar-refractivity contribution in [3.05, 3.63) is 17.2 Å². The Balaban J connectivity index is 2.63. The molecule has 7 heteroatoms. The molecule has 0 fully saturated rings. The van der Waals surface area contributed by atoms with Gasteiger partial charge in [0.2, 0.25) is 0 Å². The number of hydrogen-bond donors (Lipinski definition) is 0. The Morgan fingerprint density at radius 2 is 2.32 bits per heavy atom. The molecule has 1 aromatic rings. The van der Waals surface area contributed by atoms with Crippen molar-refractivity contribution in [3.63, 3.8) is 0 Å². The second kappa shape index (κ2) is 8.14. The van der Waals surface area contributed by atoms with Gasteiger partial charge in [0.1, 0.15) is 11.0 Å². The van der Waals surface area contributed by atoms with Crippen LogP contribution in [-0.2, 0) is 27.9 Å². The van der Waals surface area contributed by atoms with E-state index in [9.17, 15) is 4.79 Å². The summed E-state index contributed by atoms with van der Waals surface area (Å²) < 4.78 is 11.8. The number of hydrogen-bond acceptors (Lipinski definition) is 5. The van der Waals surface area contributed by atoms with Crippen molar-refractivity contribution in [2.45, 2.75) is 13.5 Å². The van der Waals surface area contributed by atoms with Gasteiger partial charge in [0, 0.05) is 20.7 Å². The number of aromatic nitrogens is 2. The van der Waals surface area contributed by atoms with Crippen LogP contribution in [0, 0.1) is 0 Å². The zero-order chi connectivity index (χ0) is 14.3. The first-order valence-corrected chi connectivity index (χ1v) is 6.49. The van der Waals surface area contributed by atoms with E-state index in [-0.39, 0.29) is 12.5 Å². The Hall–Kier alpha value is -1.11. The molecule has 1 rings (SSSR count). The fourth-order valence-electron chi connectivity index (χ4n) is 1.59. The van der Waals surface area contributed by atoms with Gasteiger partial charge in [-0.2, -0.15) is 0 Å². The number of imidazole rings is 1. The van der Waals surface area contributed by atoms with Crippen LogP contribution in [0.25, 0.3) is 0 Å². The molecule has 0 aliphatic heterocycles. The van der Waals surface area contributed by atoms with Crippen LogP contribution in [-0.4, -0.2) is 53.8 Å². The molecule has 1 heterocycles. The van der Waals surface area contributed by atoms with Crippen LogP contribution in [0.5, 0.6) is 0 Å². The third kappa shape index (κ3) is 5.18. The van der Waals surface area contributed by atoms with E-state index in [0.717, 1.165) is 5.82 Å². The molecule has 0 spiro atoms. The molecule has 0 N–H and O–H groups in total. The highest BCUT2D eigenvalue weighted by Gasteiger charge is 2.15. The molecule has 0 atom stereocenters. The van der Waals surface area contributed by atoms with Crippen molar-refractivity contribution < 1.29 is 14.3 Å². The quantitative estimate of drug-likeness (QED) is 0.671. The van der Waals surface area contributed by atoms with Gasteiger partial charge in [-0.1, -0.05) is 11.6 Å². The molecule has 0 aliphatic rings. The molecular weight excluding hydrogens is 270 g/mol. The predicted octanol–water partition coefficient (Wildman–Crippen LogP) is 1.08. The van der Waals surface area contributed by atoms with Gasteiger partial charge in [-0.05, 0) is 6.92 Å². The van der Waals surface area contributed by atoms with Crippen LogP contribution in [0.2, 0.25) is 5.15 Å². The summed E-state index contributed by atoms with van der Waals surface area (Å²) in [5, 5.41) is 0.567. The summed E-state index contributed by atoms with van der Waals surface area (Å²) in [5.41, 5.74) is 0. The minimum absolute atomic E-state index is 0.210. The Morgan fingerprint density at radius 3 is 2.84 bits per heavy atom. The zero-order valence-corrected chi connectivity index (χ0v) is 12.3. The molecule has 0 amide bonds. The van der Waals surface area contributed by atoms with Crippen LogP contribution in [0.15, 0.2) is 6.20 Å². The third-order valence-electron chi connectivity index (χ3n) is 2.66. The second-order valence-corrected chi connectivity index (χ2v) is 4.45. The summed E-state index contributed by atoms with van der Waals surface area (Å²) in [4.78, 5) is 17.7. The minimum Gasteiger partial charge on any atom is -0.465 e. The highest BCUT2D eigenvalue weighted by molar-refractivity contribution is 6.29. The molecule has 108 valence electrons. The van der Waals surface area contributed by atoms with E-state index in [4.69, 9.17) is 21.1 Å². The fourth-order valence-corrected chi connectivity index (χ4v) is 1.74. The van der Waals surface area contributed by atoms with Gasteiger partial charge in [-0.15, -0.1) is 0 Å². The molecule has 0 aromatic carbocycles. The molecule has 0 bridgehead atoms. The third-order valence-corrected chi connectivity index (χ3v) is 3.01. The standard InChI is InChI=1S/C12H20ClN3O3/c1-4-19-12(17)9-16(5-6-18-3)8-11-14-7-10(13)15(11)2/h7H,4-6,8-9H2,1-3H3. The maximum atomic E-state index is 11.5. The van der Waals surface area contributed by atoms with E-state index < -0.39 is 0 Å². The molecule has 19 heavy (non-hydrogen) atoms. The first kappa shape index (κ1) is 15.9. The molecular formula is C12H20ClN3O3. The number of nitrogens with zero attached hydrogens (tertiary/aromatic N) is 3. The second-order valence-electron chi connectivity index (χ2n) is 4.06. The first-order valence-electron chi connectivity index (χ1n) is 6.11. The van der Waals surface area contributed by atoms with Crippen molar-refractivity contribution in [2.24, 2.45) is 7.05 Å². The molecule has 0 saturated heterocycles. The monoisotopic (exact) mass is 289 g/mol. The van der Waals surface area contributed by atoms with E-state index >= 15 is 0 Å². The minimum atomic E-state index is -0.251. The summed E-state index contributed by atoms with van der Waals surface area (Å²) >= 11 is 5.94. The van der Waals surface area contributed by atoms with Gasteiger partial charge in [-0.25, -0.2) is 4.98 Å². The van der Waals surface area contributed by atoms with E-state index in [1.807, 2.05) is 11.9 Å². The molecule has 0 radical (unpaired) electrons. The van der Waals surface area contributed by atoms with Gasteiger partial charge in [-0.3, -0.25) is 9.69 Å². The number of carbonyl (C=O) groups is 1. The zero-order valence-electron chi connectivity index (χ0n) is 11.6. The lowest BCUT2D eigenvalue weighted by atomic mass is 10.4. The maximum Gasteiger partial charge on any atom is 0.320 e. The number of carbonyl (C=O) groups excluding carboxylic acids is 1. The highest BCUT2D eigenvalue weighted by atomic mass is 35.5. The van der Waals surface area contributed by atoms with E-state index in [0.29, 0.717) is 31.5 Å². The van der Waals surface area contributed by atoms with Crippen molar-refractivity contribution in [3.8, 4) is 0 Å². The average molecular weight is 290 g/mol. The lowest BCUT2D eigenvalue weighted by Gasteiger charge is -2.20.